The predicted molar refractivity (Wildman–Crippen MR) is 78.5 cm³/mol. The van der Waals surface area contributed by atoms with Crippen LogP contribution in [0.15, 0.2) is 44.5 Å². The largest absolute Gasteiger partial charge is 0.439 e. The van der Waals surface area contributed by atoms with Crippen molar-refractivity contribution >= 4 is 11.1 Å². The lowest BCUT2D eigenvalue weighted by atomic mass is 10.3. The van der Waals surface area contributed by atoms with Crippen molar-refractivity contribution in [3.8, 4) is 6.07 Å². The summed E-state index contributed by atoms with van der Waals surface area (Å²) >= 11 is 0. The van der Waals surface area contributed by atoms with Gasteiger partial charge in [-0.3, -0.25) is 9.36 Å². The molecule has 0 amide bonds. The summed E-state index contributed by atoms with van der Waals surface area (Å²) in [5.74, 6) is 0.248. The van der Waals surface area contributed by atoms with Crippen molar-refractivity contribution < 1.29 is 4.42 Å². The molecule has 3 aromatic rings. The Bertz CT molecular complexity index is 971. The van der Waals surface area contributed by atoms with Crippen molar-refractivity contribution in [3.63, 3.8) is 0 Å². The number of oxazole rings is 1. The van der Waals surface area contributed by atoms with E-state index in [0.29, 0.717) is 17.6 Å². The van der Waals surface area contributed by atoms with Gasteiger partial charge in [0, 0.05) is 12.7 Å². The Balaban J connectivity index is 2.14. The highest BCUT2D eigenvalue weighted by Crippen LogP contribution is 2.14. The lowest BCUT2D eigenvalue weighted by Gasteiger charge is -2.07. The molecule has 3 rings (SSSR count). The van der Waals surface area contributed by atoms with Gasteiger partial charge >= 0.3 is 5.69 Å². The average molecular weight is 296 g/mol. The minimum absolute atomic E-state index is 0.0856. The van der Waals surface area contributed by atoms with Gasteiger partial charge in [-0.2, -0.15) is 5.26 Å². The van der Waals surface area contributed by atoms with E-state index < -0.39 is 11.2 Å². The lowest BCUT2D eigenvalue weighted by molar-refractivity contribution is 0.484. The first-order valence-corrected chi connectivity index (χ1v) is 6.73. The summed E-state index contributed by atoms with van der Waals surface area (Å²) in [5, 5.41) is 9.02. The van der Waals surface area contributed by atoms with E-state index >= 15 is 0 Å². The van der Waals surface area contributed by atoms with E-state index in [2.05, 4.69) is 4.98 Å². The molecule has 110 valence electrons. The maximum atomic E-state index is 12.3. The van der Waals surface area contributed by atoms with Crippen LogP contribution in [0.1, 0.15) is 18.4 Å². The molecular formula is C15H12N4O3. The van der Waals surface area contributed by atoms with Crippen LogP contribution in [0.2, 0.25) is 0 Å². The Morgan fingerprint density at radius 3 is 2.77 bits per heavy atom. The number of rotatable bonds is 3. The average Bonchev–Trinajstić information content (AvgIpc) is 2.94. The number of aromatic nitrogens is 3. The van der Waals surface area contributed by atoms with Gasteiger partial charge in [-0.05, 0) is 19.1 Å². The van der Waals surface area contributed by atoms with E-state index in [1.807, 2.05) is 12.1 Å². The van der Waals surface area contributed by atoms with Gasteiger partial charge in [-0.15, -0.1) is 0 Å². The number of para-hydroxylation sites is 2. The number of aryl methyl sites for hydroxylation is 1. The molecule has 0 N–H and O–H groups in total. The van der Waals surface area contributed by atoms with Crippen LogP contribution in [-0.2, 0) is 13.1 Å². The Labute approximate surface area is 124 Å². The molecule has 1 aromatic carbocycles. The molecule has 2 heterocycles. The first kappa shape index (κ1) is 13.8. The van der Waals surface area contributed by atoms with Gasteiger partial charge in [0.2, 0.25) is 5.89 Å². The van der Waals surface area contributed by atoms with Crippen LogP contribution in [0.25, 0.3) is 11.1 Å². The Hall–Kier alpha value is -3.14. The van der Waals surface area contributed by atoms with Crippen molar-refractivity contribution in [1.82, 2.24) is 14.1 Å². The summed E-state index contributed by atoms with van der Waals surface area (Å²) in [6.07, 6.45) is 1.27. The zero-order chi connectivity index (χ0) is 15.7. The second-order valence-electron chi connectivity index (χ2n) is 4.69. The van der Waals surface area contributed by atoms with E-state index in [1.54, 1.807) is 25.1 Å². The topological polar surface area (TPSA) is 93.8 Å². The Morgan fingerprint density at radius 2 is 2.09 bits per heavy atom. The van der Waals surface area contributed by atoms with E-state index in [4.69, 9.17) is 9.68 Å². The van der Waals surface area contributed by atoms with Gasteiger partial charge in [0.1, 0.15) is 23.7 Å². The normalized spacial score (nSPS) is 10.7. The van der Waals surface area contributed by atoms with Crippen molar-refractivity contribution in [2.24, 2.45) is 0 Å². The highest BCUT2D eigenvalue weighted by molar-refractivity contribution is 5.72. The number of hydrogen-bond acceptors (Lipinski definition) is 5. The summed E-state index contributed by atoms with van der Waals surface area (Å²) in [6, 6.07) is 8.97. The minimum atomic E-state index is -0.639. The summed E-state index contributed by atoms with van der Waals surface area (Å²) in [5.41, 5.74) is 0.0152. The second-order valence-corrected chi connectivity index (χ2v) is 4.69. The minimum Gasteiger partial charge on any atom is -0.439 e. The zero-order valence-electron chi connectivity index (χ0n) is 11.8. The van der Waals surface area contributed by atoms with E-state index in [9.17, 15) is 9.59 Å². The molecule has 0 radical (unpaired) electrons. The number of benzene rings is 1. The molecule has 0 aliphatic carbocycles. The quantitative estimate of drug-likeness (QED) is 0.721. The molecule has 0 atom stereocenters. The molecule has 0 aliphatic heterocycles. The molecule has 0 fully saturated rings. The van der Waals surface area contributed by atoms with Crippen LogP contribution in [0.3, 0.4) is 0 Å². The molecule has 0 bridgehead atoms. The SMILES string of the molecule is CCn1cc(C#N)c(=O)n(Cc2nc3ccccc3o2)c1=O. The fourth-order valence-corrected chi connectivity index (χ4v) is 2.22. The van der Waals surface area contributed by atoms with E-state index in [0.717, 1.165) is 4.57 Å². The first-order valence-electron chi connectivity index (χ1n) is 6.73. The lowest BCUT2D eigenvalue weighted by Crippen LogP contribution is -2.41. The molecule has 0 aliphatic rings. The molecule has 0 saturated heterocycles. The molecule has 0 spiro atoms. The van der Waals surface area contributed by atoms with Crippen molar-refractivity contribution in [2.75, 3.05) is 0 Å². The monoisotopic (exact) mass is 296 g/mol. The summed E-state index contributed by atoms with van der Waals surface area (Å²) in [6.45, 7) is 2.01. The van der Waals surface area contributed by atoms with Crippen LogP contribution in [-0.4, -0.2) is 14.1 Å². The van der Waals surface area contributed by atoms with Crippen LogP contribution in [0.5, 0.6) is 0 Å². The second kappa shape index (κ2) is 5.33. The van der Waals surface area contributed by atoms with E-state index in [1.165, 1.54) is 10.8 Å². The fraction of sp³-hybridized carbons (Fsp3) is 0.200. The van der Waals surface area contributed by atoms with Crippen molar-refractivity contribution in [1.29, 1.82) is 5.26 Å². The van der Waals surface area contributed by atoms with Crippen LogP contribution < -0.4 is 11.2 Å². The standard InChI is InChI=1S/C15H12N4O3/c1-2-18-8-10(7-16)14(20)19(15(18)21)9-13-17-11-5-3-4-6-12(11)22-13/h3-6,8H,2,9H2,1H3. The van der Waals surface area contributed by atoms with Crippen molar-refractivity contribution in [2.45, 2.75) is 20.0 Å². The molecule has 0 saturated carbocycles. The van der Waals surface area contributed by atoms with Gasteiger partial charge in [-0.1, -0.05) is 12.1 Å². The molecule has 7 nitrogen and oxygen atoms in total. The maximum Gasteiger partial charge on any atom is 0.331 e. The maximum absolute atomic E-state index is 12.3. The molecule has 22 heavy (non-hydrogen) atoms. The highest BCUT2D eigenvalue weighted by atomic mass is 16.3. The Morgan fingerprint density at radius 1 is 1.32 bits per heavy atom. The number of fused-ring (bicyclic) bond motifs is 1. The third-order valence-electron chi connectivity index (χ3n) is 3.33. The predicted octanol–water partition coefficient (Wildman–Crippen LogP) is 1.09. The van der Waals surface area contributed by atoms with Crippen LogP contribution >= 0.6 is 0 Å². The molecular weight excluding hydrogens is 284 g/mol. The van der Waals surface area contributed by atoms with Crippen LogP contribution in [0.4, 0.5) is 0 Å². The van der Waals surface area contributed by atoms with Crippen molar-refractivity contribution in [3.05, 3.63) is 62.8 Å². The van der Waals surface area contributed by atoms with Gasteiger partial charge < -0.3 is 4.42 Å². The number of nitriles is 1. The van der Waals surface area contributed by atoms with E-state index in [-0.39, 0.29) is 18.0 Å². The van der Waals surface area contributed by atoms with Gasteiger partial charge in [0.05, 0.1) is 0 Å². The van der Waals surface area contributed by atoms with Gasteiger partial charge in [-0.25, -0.2) is 14.3 Å². The Kier molecular flexibility index (Phi) is 3.35. The summed E-state index contributed by atoms with van der Waals surface area (Å²) in [4.78, 5) is 28.7. The third kappa shape index (κ3) is 2.20. The molecule has 2 aromatic heterocycles. The number of nitrogens with zero attached hydrogens (tertiary/aromatic N) is 4. The fourth-order valence-electron chi connectivity index (χ4n) is 2.22. The van der Waals surface area contributed by atoms with Crippen LogP contribution in [0, 0.1) is 11.3 Å². The molecule has 0 unspecified atom stereocenters. The molecule has 7 heteroatoms. The highest BCUT2D eigenvalue weighted by Gasteiger charge is 2.14. The number of hydrogen-bond donors (Lipinski definition) is 0. The first-order chi connectivity index (χ1) is 10.6. The third-order valence-corrected chi connectivity index (χ3v) is 3.33. The summed E-state index contributed by atoms with van der Waals surface area (Å²) < 4.78 is 7.80. The van der Waals surface area contributed by atoms with Gasteiger partial charge in [0.25, 0.3) is 5.56 Å². The summed E-state index contributed by atoms with van der Waals surface area (Å²) in [7, 11) is 0. The van der Waals surface area contributed by atoms with Gasteiger partial charge in [0.15, 0.2) is 5.58 Å². The zero-order valence-corrected chi connectivity index (χ0v) is 11.8. The smallest absolute Gasteiger partial charge is 0.331 e.